The van der Waals surface area contributed by atoms with Crippen molar-refractivity contribution in [2.45, 2.75) is 13.5 Å². The fourth-order valence-corrected chi connectivity index (χ4v) is 0.809. The number of aryl methyl sites for hydroxylation is 1. The highest BCUT2D eigenvalue weighted by Crippen LogP contribution is 2.00. The van der Waals surface area contributed by atoms with Gasteiger partial charge in [0, 0.05) is 17.8 Å². The van der Waals surface area contributed by atoms with Gasteiger partial charge < -0.3 is 0 Å². The molecule has 2 N–H and O–H groups in total. The molecule has 4 heteroatoms. The summed E-state index contributed by atoms with van der Waals surface area (Å²) < 4.78 is 2.75. The number of hydrogen-bond acceptors (Lipinski definition) is 3. The van der Waals surface area contributed by atoms with Crippen LogP contribution >= 0.6 is 12.8 Å². The van der Waals surface area contributed by atoms with Gasteiger partial charge in [0.1, 0.15) is 0 Å². The van der Waals surface area contributed by atoms with E-state index in [9.17, 15) is 0 Å². The van der Waals surface area contributed by atoms with Gasteiger partial charge in [0.15, 0.2) is 0 Å². The van der Waals surface area contributed by atoms with Crippen molar-refractivity contribution >= 4 is 12.8 Å². The van der Waals surface area contributed by atoms with Gasteiger partial charge in [0.25, 0.3) is 0 Å². The normalized spacial score (nSPS) is 10.0. The third-order valence-corrected chi connectivity index (χ3v) is 1.36. The number of aromatic nitrogens is 2. The average Bonchev–Trinajstić information content (AvgIpc) is 2.18. The van der Waals surface area contributed by atoms with Crippen molar-refractivity contribution in [3.63, 3.8) is 0 Å². The van der Waals surface area contributed by atoms with E-state index >= 15 is 0 Å². The summed E-state index contributed by atoms with van der Waals surface area (Å²) in [6.07, 6.45) is 1.79. The molecule has 0 bridgehead atoms. The molecule has 9 heavy (non-hydrogen) atoms. The van der Waals surface area contributed by atoms with Gasteiger partial charge in [-0.3, -0.25) is 9.82 Å². The molecule has 0 saturated carbocycles. The first-order chi connectivity index (χ1) is 4.34. The highest BCUT2D eigenvalue weighted by molar-refractivity contribution is 7.78. The fourth-order valence-electron chi connectivity index (χ4n) is 0.639. The molecule has 0 fully saturated rings. The molecule has 0 aliphatic carbocycles. The highest BCUT2D eigenvalue weighted by atomic mass is 32.1. The lowest BCUT2D eigenvalue weighted by atomic mass is 10.3. The lowest BCUT2D eigenvalue weighted by Crippen LogP contribution is -1.98. The van der Waals surface area contributed by atoms with Crippen molar-refractivity contribution in [2.24, 2.45) is 0 Å². The topological polar surface area (TPSA) is 40.7 Å². The zero-order valence-electron chi connectivity index (χ0n) is 5.18. The molecule has 0 saturated heterocycles. The number of nitrogens with one attached hydrogen (secondary N) is 2. The number of aromatic amines is 1. The van der Waals surface area contributed by atoms with Crippen molar-refractivity contribution < 1.29 is 0 Å². The first-order valence-electron chi connectivity index (χ1n) is 2.70. The molecule has 50 valence electrons. The van der Waals surface area contributed by atoms with E-state index in [0.29, 0.717) is 0 Å². The molecule has 0 aliphatic heterocycles. The smallest absolute Gasteiger partial charge is 0.0535 e. The summed E-state index contributed by atoms with van der Waals surface area (Å²) in [5.41, 5.74) is 2.25. The maximum absolute atomic E-state index is 3.86. The van der Waals surface area contributed by atoms with E-state index in [1.165, 1.54) is 0 Å². The molecule has 0 aliphatic rings. The van der Waals surface area contributed by atoms with Crippen LogP contribution in [0.15, 0.2) is 6.20 Å². The van der Waals surface area contributed by atoms with Crippen molar-refractivity contribution in [2.75, 3.05) is 0 Å². The lowest BCUT2D eigenvalue weighted by molar-refractivity contribution is 0.968. The Hall–Kier alpha value is -0.480. The van der Waals surface area contributed by atoms with E-state index in [0.717, 1.165) is 17.8 Å². The monoisotopic (exact) mass is 143 g/mol. The van der Waals surface area contributed by atoms with Crippen LogP contribution in [0.25, 0.3) is 0 Å². The summed E-state index contributed by atoms with van der Waals surface area (Å²) in [5.74, 6) is 0. The molecule has 0 radical (unpaired) electrons. The van der Waals surface area contributed by atoms with Gasteiger partial charge in [0.05, 0.1) is 6.20 Å². The van der Waals surface area contributed by atoms with Crippen LogP contribution in [0.5, 0.6) is 0 Å². The van der Waals surface area contributed by atoms with E-state index in [-0.39, 0.29) is 0 Å². The van der Waals surface area contributed by atoms with Crippen molar-refractivity contribution in [3.8, 4) is 0 Å². The molecule has 1 rings (SSSR count). The summed E-state index contributed by atoms with van der Waals surface area (Å²) in [6, 6.07) is 0. The third kappa shape index (κ3) is 1.46. The molecule has 0 amide bonds. The molecule has 1 aromatic rings. The first kappa shape index (κ1) is 6.64. The van der Waals surface area contributed by atoms with Crippen LogP contribution in [0.3, 0.4) is 0 Å². The molecular weight excluding hydrogens is 134 g/mol. The standard InChI is InChI=1S/C5H9N3S/c1-4-5(3-7-9)2-6-8-4/h2,7,9H,3H2,1H3,(H,6,8). The van der Waals surface area contributed by atoms with E-state index in [4.69, 9.17) is 0 Å². The minimum Gasteiger partial charge on any atom is -0.283 e. The largest absolute Gasteiger partial charge is 0.283 e. The molecule has 1 heterocycles. The molecule has 0 aromatic carbocycles. The van der Waals surface area contributed by atoms with Gasteiger partial charge in [-0.25, -0.2) is 0 Å². The number of thiol groups is 1. The SMILES string of the molecule is Cc1[nH]ncc1CNS. The number of H-pyrrole nitrogens is 1. The Morgan fingerprint density at radius 2 is 2.67 bits per heavy atom. The quantitative estimate of drug-likeness (QED) is 0.532. The first-order valence-corrected chi connectivity index (χ1v) is 3.15. The second kappa shape index (κ2) is 2.89. The van der Waals surface area contributed by atoms with Crippen LogP contribution < -0.4 is 4.72 Å². The zero-order valence-corrected chi connectivity index (χ0v) is 6.07. The molecule has 3 nitrogen and oxygen atoms in total. The van der Waals surface area contributed by atoms with Crippen LogP contribution in [-0.4, -0.2) is 10.2 Å². The molecule has 0 spiro atoms. The summed E-state index contributed by atoms with van der Waals surface area (Å²) in [7, 11) is 0. The Kier molecular flexibility index (Phi) is 2.13. The fraction of sp³-hybridized carbons (Fsp3) is 0.400. The van der Waals surface area contributed by atoms with Gasteiger partial charge in [-0.2, -0.15) is 5.10 Å². The van der Waals surface area contributed by atoms with Crippen LogP contribution in [0.4, 0.5) is 0 Å². The third-order valence-electron chi connectivity index (χ3n) is 1.20. The number of hydrogen-bond donors (Lipinski definition) is 3. The second-order valence-electron chi connectivity index (χ2n) is 1.86. The summed E-state index contributed by atoms with van der Waals surface area (Å²) in [5, 5.41) is 6.67. The van der Waals surface area contributed by atoms with Gasteiger partial charge in [-0.05, 0) is 6.92 Å². The van der Waals surface area contributed by atoms with Crippen molar-refractivity contribution in [1.82, 2.24) is 14.9 Å². The molecule has 0 atom stereocenters. The minimum atomic E-state index is 0.755. The Bertz CT molecular complexity index is 184. The van der Waals surface area contributed by atoms with Gasteiger partial charge in [0.2, 0.25) is 0 Å². The highest BCUT2D eigenvalue weighted by Gasteiger charge is 1.95. The van der Waals surface area contributed by atoms with Crippen LogP contribution in [0.2, 0.25) is 0 Å². The Labute approximate surface area is 59.4 Å². The minimum absolute atomic E-state index is 0.755. The van der Waals surface area contributed by atoms with Crippen LogP contribution in [-0.2, 0) is 6.54 Å². The summed E-state index contributed by atoms with van der Waals surface area (Å²) in [4.78, 5) is 0. The maximum atomic E-state index is 3.86. The predicted molar refractivity (Wildman–Crippen MR) is 39.2 cm³/mol. The zero-order chi connectivity index (χ0) is 6.69. The number of rotatable bonds is 2. The maximum Gasteiger partial charge on any atom is 0.0535 e. The van der Waals surface area contributed by atoms with E-state index in [1.54, 1.807) is 6.20 Å². The van der Waals surface area contributed by atoms with Gasteiger partial charge in [-0.1, -0.05) is 12.8 Å². The van der Waals surface area contributed by atoms with Crippen molar-refractivity contribution in [3.05, 3.63) is 17.5 Å². The molecule has 0 unspecified atom stereocenters. The average molecular weight is 143 g/mol. The van der Waals surface area contributed by atoms with E-state index in [2.05, 4.69) is 27.7 Å². The predicted octanol–water partition coefficient (Wildman–Crippen LogP) is 0.653. The van der Waals surface area contributed by atoms with E-state index < -0.39 is 0 Å². The number of nitrogens with zero attached hydrogens (tertiary/aromatic N) is 1. The Morgan fingerprint density at radius 1 is 1.89 bits per heavy atom. The summed E-state index contributed by atoms with van der Waals surface area (Å²) in [6.45, 7) is 2.74. The van der Waals surface area contributed by atoms with Crippen molar-refractivity contribution in [1.29, 1.82) is 0 Å². The van der Waals surface area contributed by atoms with E-state index in [1.807, 2.05) is 6.92 Å². The molecular formula is C5H9N3S. The summed E-state index contributed by atoms with van der Waals surface area (Å²) >= 11 is 3.86. The van der Waals surface area contributed by atoms with Crippen LogP contribution in [0.1, 0.15) is 11.3 Å². The Morgan fingerprint density at radius 3 is 3.11 bits per heavy atom. The van der Waals surface area contributed by atoms with Gasteiger partial charge >= 0.3 is 0 Å². The molecule has 1 aromatic heterocycles. The van der Waals surface area contributed by atoms with Gasteiger partial charge in [-0.15, -0.1) is 0 Å². The van der Waals surface area contributed by atoms with Crippen LogP contribution in [0, 0.1) is 6.92 Å². The lowest BCUT2D eigenvalue weighted by Gasteiger charge is -1.92. The second-order valence-corrected chi connectivity index (χ2v) is 2.17. The Balaban J connectivity index is 2.69.